The molecule has 0 aliphatic heterocycles. The van der Waals surface area contributed by atoms with Crippen LogP contribution in [-0.2, 0) is 10.0 Å². The van der Waals surface area contributed by atoms with Gasteiger partial charge in [-0.2, -0.15) is 0 Å². The minimum Gasteiger partial charge on any atom is -0.345 e. The third-order valence-corrected chi connectivity index (χ3v) is 5.34. The maximum atomic E-state index is 12.7. The highest BCUT2D eigenvalue weighted by molar-refractivity contribution is 7.92. The van der Waals surface area contributed by atoms with Crippen molar-refractivity contribution in [3.63, 3.8) is 0 Å². The number of rotatable bonds is 4. The van der Waals surface area contributed by atoms with E-state index in [0.29, 0.717) is 16.8 Å². The fourth-order valence-electron chi connectivity index (χ4n) is 2.12. The molecule has 1 amide bonds. The van der Waals surface area contributed by atoms with Gasteiger partial charge in [0.15, 0.2) is 0 Å². The van der Waals surface area contributed by atoms with Crippen LogP contribution in [0.15, 0.2) is 53.4 Å². The molecular formula is C18H18N2O3S. The largest absolute Gasteiger partial charge is 0.345 e. The predicted octanol–water partition coefficient (Wildman–Crippen LogP) is 2.19. The van der Waals surface area contributed by atoms with E-state index in [0.717, 1.165) is 4.31 Å². The van der Waals surface area contributed by atoms with E-state index in [4.69, 9.17) is 6.42 Å². The average Bonchev–Trinajstić information content (AvgIpc) is 2.60. The molecule has 0 unspecified atom stereocenters. The summed E-state index contributed by atoms with van der Waals surface area (Å²) in [6.45, 7) is 0. The molecule has 0 heterocycles. The van der Waals surface area contributed by atoms with Crippen molar-refractivity contribution < 1.29 is 13.2 Å². The van der Waals surface area contributed by atoms with Crippen molar-refractivity contribution in [1.29, 1.82) is 0 Å². The zero-order valence-corrected chi connectivity index (χ0v) is 14.5. The number of sulfonamides is 1. The average molecular weight is 342 g/mol. The van der Waals surface area contributed by atoms with E-state index in [1.54, 1.807) is 38.4 Å². The number of carbonyl (C=O) groups excluding carboxylic acids is 1. The number of hydrogen-bond donors (Lipinski definition) is 0. The third-order valence-electron chi connectivity index (χ3n) is 3.54. The van der Waals surface area contributed by atoms with Gasteiger partial charge in [-0.15, -0.1) is 6.42 Å². The van der Waals surface area contributed by atoms with Crippen LogP contribution in [0, 0.1) is 12.3 Å². The highest BCUT2D eigenvalue weighted by Crippen LogP contribution is 2.23. The fraction of sp³-hybridized carbons (Fsp3) is 0.167. The normalized spacial score (nSPS) is 10.8. The Morgan fingerprint density at radius 1 is 1.04 bits per heavy atom. The number of nitrogens with zero attached hydrogens (tertiary/aromatic N) is 2. The smallest absolute Gasteiger partial charge is 0.264 e. The van der Waals surface area contributed by atoms with Crippen molar-refractivity contribution in [2.24, 2.45) is 0 Å². The van der Waals surface area contributed by atoms with E-state index in [-0.39, 0.29) is 10.8 Å². The van der Waals surface area contributed by atoms with Crippen LogP contribution in [0.25, 0.3) is 0 Å². The monoisotopic (exact) mass is 342 g/mol. The van der Waals surface area contributed by atoms with E-state index in [1.165, 1.54) is 36.2 Å². The number of anilines is 1. The van der Waals surface area contributed by atoms with Gasteiger partial charge in [-0.05, 0) is 42.5 Å². The number of benzene rings is 2. The lowest BCUT2D eigenvalue weighted by atomic mass is 10.2. The Morgan fingerprint density at radius 3 is 2.21 bits per heavy atom. The topological polar surface area (TPSA) is 57.7 Å². The summed E-state index contributed by atoms with van der Waals surface area (Å²) in [6, 6.07) is 12.6. The number of carbonyl (C=O) groups is 1. The first-order valence-electron chi connectivity index (χ1n) is 7.14. The molecule has 0 aliphatic carbocycles. The molecular weight excluding hydrogens is 324 g/mol. The SMILES string of the molecule is C#Cc1cccc(N(C)S(=O)(=O)c2ccc(C(=O)N(C)C)cc2)c1. The summed E-state index contributed by atoms with van der Waals surface area (Å²) in [5.41, 5.74) is 1.50. The molecule has 0 aliphatic rings. The Bertz CT molecular complexity index is 895. The molecule has 0 saturated heterocycles. The molecule has 0 N–H and O–H groups in total. The van der Waals surface area contributed by atoms with E-state index in [2.05, 4.69) is 5.92 Å². The van der Waals surface area contributed by atoms with Crippen LogP contribution in [0.3, 0.4) is 0 Å². The van der Waals surface area contributed by atoms with Crippen LogP contribution in [0.4, 0.5) is 5.69 Å². The second-order valence-electron chi connectivity index (χ2n) is 5.39. The third kappa shape index (κ3) is 3.42. The van der Waals surface area contributed by atoms with E-state index < -0.39 is 10.0 Å². The Morgan fingerprint density at radius 2 is 1.67 bits per heavy atom. The zero-order chi connectivity index (χ0) is 17.9. The van der Waals surface area contributed by atoms with Crippen molar-refractivity contribution in [2.45, 2.75) is 4.90 Å². The summed E-state index contributed by atoms with van der Waals surface area (Å²) < 4.78 is 26.6. The number of hydrogen-bond acceptors (Lipinski definition) is 3. The van der Waals surface area contributed by atoms with Crippen LogP contribution in [0.5, 0.6) is 0 Å². The summed E-state index contributed by atoms with van der Waals surface area (Å²) in [5, 5.41) is 0. The first-order chi connectivity index (χ1) is 11.3. The molecule has 2 aromatic carbocycles. The first-order valence-corrected chi connectivity index (χ1v) is 8.58. The van der Waals surface area contributed by atoms with Gasteiger partial charge in [0.25, 0.3) is 15.9 Å². The highest BCUT2D eigenvalue weighted by Gasteiger charge is 2.22. The van der Waals surface area contributed by atoms with Crippen LogP contribution in [0.1, 0.15) is 15.9 Å². The molecule has 2 aromatic rings. The van der Waals surface area contributed by atoms with Gasteiger partial charge < -0.3 is 4.90 Å². The van der Waals surface area contributed by atoms with Gasteiger partial charge >= 0.3 is 0 Å². The maximum Gasteiger partial charge on any atom is 0.264 e. The highest BCUT2D eigenvalue weighted by atomic mass is 32.2. The lowest BCUT2D eigenvalue weighted by Gasteiger charge is -2.20. The second-order valence-corrected chi connectivity index (χ2v) is 7.36. The molecule has 6 heteroatoms. The van der Waals surface area contributed by atoms with Crippen molar-refractivity contribution in [2.75, 3.05) is 25.4 Å². The first kappa shape index (κ1) is 17.6. The Labute approximate surface area is 142 Å². The maximum absolute atomic E-state index is 12.7. The summed E-state index contributed by atoms with van der Waals surface area (Å²) in [4.78, 5) is 13.4. The van der Waals surface area contributed by atoms with E-state index in [9.17, 15) is 13.2 Å². The Kier molecular flexibility index (Phi) is 4.96. The lowest BCUT2D eigenvalue weighted by Crippen LogP contribution is -2.27. The summed E-state index contributed by atoms with van der Waals surface area (Å²) in [7, 11) is 0.999. The number of terminal acetylenes is 1. The molecule has 0 aromatic heterocycles. The molecule has 2 rings (SSSR count). The summed E-state index contributed by atoms with van der Waals surface area (Å²) >= 11 is 0. The molecule has 0 bridgehead atoms. The second kappa shape index (κ2) is 6.77. The van der Waals surface area contributed by atoms with Crippen molar-refractivity contribution in [3.05, 3.63) is 59.7 Å². The van der Waals surface area contributed by atoms with Gasteiger partial charge in [0.2, 0.25) is 0 Å². The van der Waals surface area contributed by atoms with Crippen LogP contribution in [-0.4, -0.2) is 40.4 Å². The predicted molar refractivity (Wildman–Crippen MR) is 94.4 cm³/mol. The zero-order valence-electron chi connectivity index (χ0n) is 13.7. The molecule has 0 atom stereocenters. The molecule has 5 nitrogen and oxygen atoms in total. The molecule has 124 valence electrons. The molecule has 0 radical (unpaired) electrons. The Hall–Kier alpha value is -2.78. The fourth-order valence-corrected chi connectivity index (χ4v) is 3.30. The van der Waals surface area contributed by atoms with Crippen LogP contribution in [0.2, 0.25) is 0 Å². The molecule has 0 fully saturated rings. The minimum absolute atomic E-state index is 0.103. The standard InChI is InChI=1S/C18H18N2O3S/c1-5-14-7-6-8-16(13-14)20(4)24(22,23)17-11-9-15(10-12-17)18(21)19(2)3/h1,6-13H,2-4H3. The van der Waals surface area contributed by atoms with Crippen molar-refractivity contribution in [3.8, 4) is 12.3 Å². The van der Waals surface area contributed by atoms with Gasteiger partial charge in [-0.3, -0.25) is 9.10 Å². The van der Waals surface area contributed by atoms with Crippen LogP contribution >= 0.6 is 0 Å². The summed E-state index contributed by atoms with van der Waals surface area (Å²) in [5.74, 6) is 2.29. The number of amides is 1. The van der Waals surface area contributed by atoms with Crippen molar-refractivity contribution >= 4 is 21.6 Å². The minimum atomic E-state index is -3.74. The van der Waals surface area contributed by atoms with E-state index >= 15 is 0 Å². The Balaban J connectivity index is 2.36. The van der Waals surface area contributed by atoms with Crippen molar-refractivity contribution in [1.82, 2.24) is 4.90 Å². The van der Waals surface area contributed by atoms with Crippen LogP contribution < -0.4 is 4.31 Å². The van der Waals surface area contributed by atoms with Gasteiger partial charge in [0.1, 0.15) is 0 Å². The quantitative estimate of drug-likeness (QED) is 0.801. The molecule has 0 saturated carbocycles. The molecule has 0 spiro atoms. The van der Waals surface area contributed by atoms with Gasteiger partial charge in [0.05, 0.1) is 10.6 Å². The van der Waals surface area contributed by atoms with E-state index in [1.807, 2.05) is 0 Å². The van der Waals surface area contributed by atoms with Gasteiger partial charge in [-0.1, -0.05) is 12.0 Å². The summed E-state index contributed by atoms with van der Waals surface area (Å²) in [6.07, 6.45) is 5.35. The lowest BCUT2D eigenvalue weighted by molar-refractivity contribution is 0.0827. The van der Waals surface area contributed by atoms with Gasteiger partial charge in [-0.25, -0.2) is 8.42 Å². The van der Waals surface area contributed by atoms with Gasteiger partial charge in [0, 0.05) is 32.3 Å². The molecule has 24 heavy (non-hydrogen) atoms.